The van der Waals surface area contributed by atoms with Crippen molar-refractivity contribution >= 4 is 11.6 Å². The van der Waals surface area contributed by atoms with E-state index < -0.39 is 0 Å². The van der Waals surface area contributed by atoms with Gasteiger partial charge in [-0.1, -0.05) is 30.3 Å². The molecule has 0 aliphatic rings. The number of hydrogen-bond acceptors (Lipinski definition) is 4. The molecule has 0 aliphatic heterocycles. The Morgan fingerprint density at radius 3 is 2.47 bits per heavy atom. The molecule has 0 saturated carbocycles. The Morgan fingerprint density at radius 1 is 1.11 bits per heavy atom. The molecule has 0 spiro atoms. The standard InChI is InChI=1S/C15H20N4/c1-11(9-13-7-5-4-6-8-13)19-15-12(2)14(16-3)17-10-18-15/h4-8,10-11H,9H2,1-3H3,(H2,16,17,18,19). The zero-order valence-electron chi connectivity index (χ0n) is 11.6. The minimum Gasteiger partial charge on any atom is -0.373 e. The lowest BCUT2D eigenvalue weighted by Gasteiger charge is -2.17. The summed E-state index contributed by atoms with van der Waals surface area (Å²) >= 11 is 0. The van der Waals surface area contributed by atoms with E-state index in [1.165, 1.54) is 5.56 Å². The highest BCUT2D eigenvalue weighted by Crippen LogP contribution is 2.18. The summed E-state index contributed by atoms with van der Waals surface area (Å²) in [7, 11) is 1.87. The summed E-state index contributed by atoms with van der Waals surface area (Å²) in [6, 6.07) is 10.8. The van der Waals surface area contributed by atoms with Crippen molar-refractivity contribution in [2.24, 2.45) is 0 Å². The lowest BCUT2D eigenvalue weighted by Crippen LogP contribution is -2.20. The molecule has 0 radical (unpaired) electrons. The van der Waals surface area contributed by atoms with Crippen molar-refractivity contribution in [1.29, 1.82) is 0 Å². The molecule has 0 aliphatic carbocycles. The van der Waals surface area contributed by atoms with E-state index in [1.807, 2.05) is 20.0 Å². The van der Waals surface area contributed by atoms with Crippen LogP contribution in [0, 0.1) is 6.92 Å². The van der Waals surface area contributed by atoms with E-state index in [1.54, 1.807) is 6.33 Å². The quantitative estimate of drug-likeness (QED) is 0.863. The third-order valence-electron chi connectivity index (χ3n) is 3.09. The number of nitrogens with one attached hydrogen (secondary N) is 2. The molecule has 0 saturated heterocycles. The smallest absolute Gasteiger partial charge is 0.134 e. The third-order valence-corrected chi connectivity index (χ3v) is 3.09. The van der Waals surface area contributed by atoms with Gasteiger partial charge >= 0.3 is 0 Å². The van der Waals surface area contributed by atoms with Crippen LogP contribution in [0.15, 0.2) is 36.7 Å². The van der Waals surface area contributed by atoms with Crippen LogP contribution in [0.5, 0.6) is 0 Å². The summed E-state index contributed by atoms with van der Waals surface area (Å²) in [5.74, 6) is 1.76. The molecule has 4 nitrogen and oxygen atoms in total. The number of benzene rings is 1. The van der Waals surface area contributed by atoms with Crippen LogP contribution in [0.25, 0.3) is 0 Å². The molecule has 0 fully saturated rings. The molecule has 100 valence electrons. The fourth-order valence-corrected chi connectivity index (χ4v) is 2.10. The predicted molar refractivity (Wildman–Crippen MR) is 79.5 cm³/mol. The largest absolute Gasteiger partial charge is 0.373 e. The Balaban J connectivity index is 2.05. The Labute approximate surface area is 114 Å². The minimum atomic E-state index is 0.320. The summed E-state index contributed by atoms with van der Waals surface area (Å²) < 4.78 is 0. The normalized spacial score (nSPS) is 11.9. The van der Waals surface area contributed by atoms with Crippen molar-refractivity contribution in [3.63, 3.8) is 0 Å². The average molecular weight is 256 g/mol. The molecule has 2 aromatic rings. The zero-order chi connectivity index (χ0) is 13.7. The minimum absolute atomic E-state index is 0.320. The second-order valence-corrected chi connectivity index (χ2v) is 4.68. The lowest BCUT2D eigenvalue weighted by molar-refractivity contribution is 0.782. The molecule has 1 aromatic carbocycles. The molecule has 0 amide bonds. The van der Waals surface area contributed by atoms with E-state index in [0.717, 1.165) is 23.6 Å². The number of hydrogen-bond donors (Lipinski definition) is 2. The second kappa shape index (κ2) is 6.18. The van der Waals surface area contributed by atoms with Gasteiger partial charge in [0.15, 0.2) is 0 Å². The van der Waals surface area contributed by atoms with Crippen LogP contribution < -0.4 is 10.6 Å². The molecule has 0 bridgehead atoms. The summed E-state index contributed by atoms with van der Waals surface area (Å²) in [6.07, 6.45) is 2.55. The average Bonchev–Trinajstić information content (AvgIpc) is 2.42. The van der Waals surface area contributed by atoms with Crippen LogP contribution in [0.3, 0.4) is 0 Å². The van der Waals surface area contributed by atoms with E-state index in [2.05, 4.69) is 51.8 Å². The van der Waals surface area contributed by atoms with Gasteiger partial charge in [0.25, 0.3) is 0 Å². The molecule has 2 N–H and O–H groups in total. The topological polar surface area (TPSA) is 49.8 Å². The van der Waals surface area contributed by atoms with E-state index in [0.29, 0.717) is 6.04 Å². The molecule has 2 rings (SSSR count). The first kappa shape index (κ1) is 13.3. The Bertz CT molecular complexity index is 525. The van der Waals surface area contributed by atoms with Gasteiger partial charge < -0.3 is 10.6 Å². The van der Waals surface area contributed by atoms with Crippen LogP contribution in [0.4, 0.5) is 11.6 Å². The summed E-state index contributed by atoms with van der Waals surface area (Å²) in [6.45, 7) is 4.18. The van der Waals surface area contributed by atoms with Gasteiger partial charge in [0, 0.05) is 18.7 Å². The molecule has 1 heterocycles. The van der Waals surface area contributed by atoms with Crippen molar-refractivity contribution in [2.45, 2.75) is 26.3 Å². The molecule has 1 unspecified atom stereocenters. The van der Waals surface area contributed by atoms with E-state index in [4.69, 9.17) is 0 Å². The SMILES string of the molecule is CNc1ncnc(NC(C)Cc2ccccc2)c1C. The van der Waals surface area contributed by atoms with E-state index in [9.17, 15) is 0 Å². The molecular formula is C15H20N4. The van der Waals surface area contributed by atoms with Crippen LogP contribution in [0.2, 0.25) is 0 Å². The Hall–Kier alpha value is -2.10. The van der Waals surface area contributed by atoms with Gasteiger partial charge in [0.05, 0.1) is 0 Å². The van der Waals surface area contributed by atoms with Gasteiger partial charge in [-0.25, -0.2) is 9.97 Å². The van der Waals surface area contributed by atoms with Crippen molar-refractivity contribution in [2.75, 3.05) is 17.7 Å². The monoisotopic (exact) mass is 256 g/mol. The number of rotatable bonds is 5. The first-order chi connectivity index (χ1) is 9.20. The van der Waals surface area contributed by atoms with Gasteiger partial charge in [0.1, 0.15) is 18.0 Å². The van der Waals surface area contributed by atoms with Crippen molar-refractivity contribution in [1.82, 2.24) is 9.97 Å². The van der Waals surface area contributed by atoms with Crippen LogP contribution >= 0.6 is 0 Å². The van der Waals surface area contributed by atoms with Crippen molar-refractivity contribution in [3.05, 3.63) is 47.8 Å². The Kier molecular flexibility index (Phi) is 4.34. The van der Waals surface area contributed by atoms with Gasteiger partial charge in [0.2, 0.25) is 0 Å². The number of aromatic nitrogens is 2. The first-order valence-corrected chi connectivity index (χ1v) is 6.50. The number of anilines is 2. The van der Waals surface area contributed by atoms with Gasteiger partial charge in [-0.15, -0.1) is 0 Å². The summed E-state index contributed by atoms with van der Waals surface area (Å²) in [4.78, 5) is 8.49. The summed E-state index contributed by atoms with van der Waals surface area (Å²) in [5, 5.41) is 6.51. The molecule has 19 heavy (non-hydrogen) atoms. The van der Waals surface area contributed by atoms with Crippen LogP contribution in [-0.2, 0) is 6.42 Å². The van der Waals surface area contributed by atoms with Gasteiger partial charge in [-0.05, 0) is 25.8 Å². The number of nitrogens with zero attached hydrogens (tertiary/aromatic N) is 2. The second-order valence-electron chi connectivity index (χ2n) is 4.68. The van der Waals surface area contributed by atoms with Crippen LogP contribution in [0.1, 0.15) is 18.1 Å². The maximum absolute atomic E-state index is 4.31. The van der Waals surface area contributed by atoms with Crippen molar-refractivity contribution in [3.8, 4) is 0 Å². The Morgan fingerprint density at radius 2 is 1.79 bits per heavy atom. The molecule has 1 atom stereocenters. The first-order valence-electron chi connectivity index (χ1n) is 6.50. The molecule has 1 aromatic heterocycles. The third kappa shape index (κ3) is 3.44. The highest BCUT2D eigenvalue weighted by Gasteiger charge is 2.09. The van der Waals surface area contributed by atoms with Crippen LogP contribution in [-0.4, -0.2) is 23.1 Å². The fraction of sp³-hybridized carbons (Fsp3) is 0.333. The van der Waals surface area contributed by atoms with E-state index >= 15 is 0 Å². The predicted octanol–water partition coefficient (Wildman–Crippen LogP) is 2.87. The zero-order valence-corrected chi connectivity index (χ0v) is 11.6. The molecule has 4 heteroatoms. The van der Waals surface area contributed by atoms with Crippen molar-refractivity contribution < 1.29 is 0 Å². The highest BCUT2D eigenvalue weighted by molar-refractivity contribution is 5.56. The molecular weight excluding hydrogens is 236 g/mol. The van der Waals surface area contributed by atoms with Gasteiger partial charge in [-0.3, -0.25) is 0 Å². The fourth-order valence-electron chi connectivity index (χ4n) is 2.10. The maximum Gasteiger partial charge on any atom is 0.134 e. The van der Waals surface area contributed by atoms with E-state index in [-0.39, 0.29) is 0 Å². The van der Waals surface area contributed by atoms with Gasteiger partial charge in [-0.2, -0.15) is 0 Å². The summed E-state index contributed by atoms with van der Waals surface area (Å²) in [5.41, 5.74) is 2.37. The highest BCUT2D eigenvalue weighted by atomic mass is 15.1. The maximum atomic E-state index is 4.31. The lowest BCUT2D eigenvalue weighted by atomic mass is 10.1.